The lowest BCUT2D eigenvalue weighted by molar-refractivity contribution is -0.127. The largest absolute Gasteiger partial charge is 0.312 e. The van der Waals surface area contributed by atoms with E-state index in [2.05, 4.69) is 11.0 Å². The Bertz CT molecular complexity index is 1040. The van der Waals surface area contributed by atoms with Crippen LogP contribution in [0.2, 0.25) is 0 Å². The third kappa shape index (κ3) is 3.60. The number of fused-ring (bicyclic) bond motifs is 5. The molecule has 6 heteroatoms. The van der Waals surface area contributed by atoms with Gasteiger partial charge in [0.05, 0.1) is 13.0 Å². The topological polar surface area (TPSA) is 62.6 Å². The van der Waals surface area contributed by atoms with Gasteiger partial charge in [-0.05, 0) is 42.9 Å². The molecule has 0 N–H and O–H groups in total. The van der Waals surface area contributed by atoms with Crippen molar-refractivity contribution in [1.29, 1.82) is 0 Å². The maximum Gasteiger partial charge on any atom is 0.250 e. The van der Waals surface area contributed by atoms with Crippen LogP contribution in [-0.4, -0.2) is 47.3 Å². The number of aromatic nitrogens is 1. The highest BCUT2D eigenvalue weighted by molar-refractivity contribution is 6.06. The number of rotatable bonds is 4. The van der Waals surface area contributed by atoms with Gasteiger partial charge in [0.1, 0.15) is 0 Å². The van der Waals surface area contributed by atoms with Crippen molar-refractivity contribution in [3.63, 3.8) is 0 Å². The van der Waals surface area contributed by atoms with Gasteiger partial charge < -0.3 is 9.47 Å². The minimum atomic E-state index is -0.0961. The lowest BCUT2D eigenvalue weighted by Gasteiger charge is -2.42. The lowest BCUT2D eigenvalue weighted by atomic mass is 9.83. The molecular formula is C24H27N3O3. The Hall–Kier alpha value is -2.73. The van der Waals surface area contributed by atoms with E-state index in [4.69, 9.17) is 0 Å². The predicted molar refractivity (Wildman–Crippen MR) is 115 cm³/mol. The second-order valence-electron chi connectivity index (χ2n) is 8.89. The van der Waals surface area contributed by atoms with Crippen LogP contribution < -0.4 is 10.5 Å². The molecule has 0 radical (unpaired) electrons. The Morgan fingerprint density at radius 2 is 1.87 bits per heavy atom. The highest BCUT2D eigenvalue weighted by Gasteiger charge is 2.35. The van der Waals surface area contributed by atoms with Crippen molar-refractivity contribution in [3.8, 4) is 0 Å². The number of benzene rings is 1. The van der Waals surface area contributed by atoms with E-state index in [0.717, 1.165) is 50.3 Å². The summed E-state index contributed by atoms with van der Waals surface area (Å²) < 4.78 is 1.90. The number of para-hydroxylation sites is 1. The number of carbonyl (C=O) groups is 2. The molecule has 0 spiro atoms. The highest BCUT2D eigenvalue weighted by atomic mass is 16.2. The summed E-state index contributed by atoms with van der Waals surface area (Å²) in [5, 5.41) is 0. The van der Waals surface area contributed by atoms with Crippen LogP contribution in [0.25, 0.3) is 0 Å². The number of Topliss-reactive ketones (excluding diaryl/α,β-unsaturated/α-hetero) is 1. The minimum absolute atomic E-state index is 0.0199. The van der Waals surface area contributed by atoms with Crippen LogP contribution in [0.5, 0.6) is 0 Å². The summed E-state index contributed by atoms with van der Waals surface area (Å²) in [5.41, 5.74) is 3.29. The zero-order chi connectivity index (χ0) is 20.7. The van der Waals surface area contributed by atoms with Crippen molar-refractivity contribution >= 4 is 17.4 Å². The Morgan fingerprint density at radius 1 is 1.00 bits per heavy atom. The maximum atomic E-state index is 12.9. The van der Waals surface area contributed by atoms with E-state index in [-0.39, 0.29) is 29.6 Å². The fourth-order valence-corrected chi connectivity index (χ4v) is 5.49. The van der Waals surface area contributed by atoms with E-state index in [1.54, 1.807) is 11.0 Å². The van der Waals surface area contributed by atoms with Crippen molar-refractivity contribution in [2.45, 2.75) is 38.1 Å². The second kappa shape index (κ2) is 7.84. The van der Waals surface area contributed by atoms with Gasteiger partial charge in [0.15, 0.2) is 5.78 Å². The molecule has 1 aromatic carbocycles. The summed E-state index contributed by atoms with van der Waals surface area (Å²) in [6, 6.07) is 13.5. The average molecular weight is 405 g/mol. The van der Waals surface area contributed by atoms with Crippen LogP contribution in [0.4, 0.5) is 5.69 Å². The molecular weight excluding hydrogens is 378 g/mol. The summed E-state index contributed by atoms with van der Waals surface area (Å²) in [5.74, 6) is 0.549. The van der Waals surface area contributed by atoms with Crippen molar-refractivity contribution in [2.75, 3.05) is 31.1 Å². The van der Waals surface area contributed by atoms with Crippen LogP contribution in [-0.2, 0) is 22.6 Å². The van der Waals surface area contributed by atoms with E-state index in [1.165, 1.54) is 5.56 Å². The van der Waals surface area contributed by atoms with Crippen molar-refractivity contribution < 1.29 is 9.59 Å². The molecule has 6 nitrogen and oxygen atoms in total. The Labute approximate surface area is 176 Å². The molecule has 1 fully saturated rings. The van der Waals surface area contributed by atoms with E-state index < -0.39 is 0 Å². The molecule has 0 unspecified atom stereocenters. The van der Waals surface area contributed by atoms with Gasteiger partial charge in [-0.15, -0.1) is 0 Å². The molecule has 1 amide bonds. The van der Waals surface area contributed by atoms with Gasteiger partial charge in [-0.2, -0.15) is 0 Å². The quantitative estimate of drug-likeness (QED) is 0.732. The monoisotopic (exact) mass is 405 g/mol. The summed E-state index contributed by atoms with van der Waals surface area (Å²) in [6.45, 7) is 3.30. The number of ketones is 1. The third-order valence-corrected chi connectivity index (χ3v) is 6.72. The molecule has 4 heterocycles. The minimum Gasteiger partial charge on any atom is -0.312 e. The van der Waals surface area contributed by atoms with Gasteiger partial charge >= 0.3 is 0 Å². The van der Waals surface area contributed by atoms with Gasteiger partial charge in [0.2, 0.25) is 5.91 Å². The zero-order valence-corrected chi connectivity index (χ0v) is 17.1. The third-order valence-electron chi connectivity index (χ3n) is 6.72. The summed E-state index contributed by atoms with van der Waals surface area (Å²) in [7, 11) is 0. The fourth-order valence-electron chi connectivity index (χ4n) is 5.49. The number of aryl methyl sites for hydroxylation is 1. The van der Waals surface area contributed by atoms with Gasteiger partial charge in [-0.25, -0.2) is 0 Å². The molecule has 2 aromatic rings. The Balaban J connectivity index is 1.23. The molecule has 2 atom stereocenters. The van der Waals surface area contributed by atoms with Crippen LogP contribution in [0, 0.1) is 5.92 Å². The van der Waals surface area contributed by atoms with Crippen molar-refractivity contribution in [2.24, 2.45) is 5.92 Å². The number of carbonyl (C=O) groups excluding carboxylic acids is 2. The maximum absolute atomic E-state index is 12.9. The fraction of sp³-hybridized carbons (Fsp3) is 0.458. The number of amides is 1. The van der Waals surface area contributed by atoms with E-state index >= 15 is 0 Å². The second-order valence-corrected chi connectivity index (χ2v) is 8.89. The number of hydrogen-bond donors (Lipinski definition) is 0. The first-order chi connectivity index (χ1) is 14.6. The Kier molecular flexibility index (Phi) is 5.03. The molecule has 30 heavy (non-hydrogen) atoms. The SMILES string of the molecule is O=C(CC(=O)N1CCCc2ccccc21)CN1C[C@@H]2C[C@H](C1)c1cccc(=O)n1C2. The van der Waals surface area contributed by atoms with Crippen LogP contribution in [0.15, 0.2) is 47.3 Å². The summed E-state index contributed by atoms with van der Waals surface area (Å²) >= 11 is 0. The standard InChI is InChI=1S/C24H27N3O3/c28-20(12-24(30)26-10-4-6-18-5-1-2-7-21(18)26)16-25-13-17-11-19(15-25)22-8-3-9-23(29)27(22)14-17/h1-3,5,7-9,17,19H,4,6,10-16H2/t17-,19+/m0/s1. The first-order valence-corrected chi connectivity index (χ1v) is 10.9. The normalized spacial score (nSPS) is 22.9. The van der Waals surface area contributed by atoms with Crippen LogP contribution in [0.1, 0.15) is 36.4 Å². The number of piperidine rings is 1. The first-order valence-electron chi connectivity index (χ1n) is 10.9. The first kappa shape index (κ1) is 19.2. The number of anilines is 1. The molecule has 1 aromatic heterocycles. The van der Waals surface area contributed by atoms with Crippen LogP contribution in [0.3, 0.4) is 0 Å². The van der Waals surface area contributed by atoms with E-state index in [0.29, 0.717) is 19.0 Å². The molecule has 3 aliphatic heterocycles. The lowest BCUT2D eigenvalue weighted by Crippen LogP contribution is -2.48. The van der Waals surface area contributed by atoms with Gasteiger partial charge in [-0.3, -0.25) is 19.3 Å². The Morgan fingerprint density at radius 3 is 2.77 bits per heavy atom. The number of hydrogen-bond acceptors (Lipinski definition) is 4. The van der Waals surface area contributed by atoms with Crippen LogP contribution >= 0.6 is 0 Å². The van der Waals surface area contributed by atoms with Gasteiger partial charge in [0, 0.05) is 49.5 Å². The summed E-state index contributed by atoms with van der Waals surface area (Å²) in [4.78, 5) is 41.7. The van der Waals surface area contributed by atoms with Crippen molar-refractivity contribution in [1.82, 2.24) is 9.47 Å². The molecule has 3 aliphatic rings. The molecule has 0 aliphatic carbocycles. The smallest absolute Gasteiger partial charge is 0.250 e. The molecule has 1 saturated heterocycles. The number of pyridine rings is 1. The molecule has 2 bridgehead atoms. The number of likely N-dealkylation sites (tertiary alicyclic amines) is 1. The van der Waals surface area contributed by atoms with E-state index in [1.807, 2.05) is 34.9 Å². The zero-order valence-electron chi connectivity index (χ0n) is 17.1. The summed E-state index contributed by atoms with van der Waals surface area (Å²) in [6.07, 6.45) is 2.94. The average Bonchev–Trinajstić information content (AvgIpc) is 2.74. The van der Waals surface area contributed by atoms with Crippen molar-refractivity contribution in [3.05, 3.63) is 64.1 Å². The number of nitrogens with zero attached hydrogens (tertiary/aromatic N) is 3. The molecule has 156 valence electrons. The highest BCUT2D eigenvalue weighted by Crippen LogP contribution is 2.35. The van der Waals surface area contributed by atoms with Gasteiger partial charge in [0.25, 0.3) is 5.56 Å². The predicted octanol–water partition coefficient (Wildman–Crippen LogP) is 2.21. The molecule has 0 saturated carbocycles. The van der Waals surface area contributed by atoms with Gasteiger partial charge in [-0.1, -0.05) is 24.3 Å². The molecule has 5 rings (SSSR count). The van der Waals surface area contributed by atoms with E-state index in [9.17, 15) is 14.4 Å².